The summed E-state index contributed by atoms with van der Waals surface area (Å²) in [7, 11) is 3.23. The number of hydrogen-bond acceptors (Lipinski definition) is 7. The summed E-state index contributed by atoms with van der Waals surface area (Å²) >= 11 is 1.58. The zero-order chi connectivity index (χ0) is 23.2. The first-order chi connectivity index (χ1) is 16.0. The van der Waals surface area contributed by atoms with Gasteiger partial charge in [0.15, 0.2) is 23.0 Å². The van der Waals surface area contributed by atoms with Crippen LogP contribution in [0.1, 0.15) is 0 Å². The third-order valence-corrected chi connectivity index (χ3v) is 5.70. The number of ether oxygens (including phenoxy) is 4. The van der Waals surface area contributed by atoms with Crippen LogP contribution in [-0.4, -0.2) is 14.2 Å². The van der Waals surface area contributed by atoms with Gasteiger partial charge in [0.2, 0.25) is 0 Å². The summed E-state index contributed by atoms with van der Waals surface area (Å²) in [6.45, 7) is 0. The van der Waals surface area contributed by atoms with Crippen LogP contribution in [0.4, 0.5) is 11.4 Å². The quantitative estimate of drug-likeness (QED) is 0.286. The van der Waals surface area contributed by atoms with Crippen LogP contribution >= 0.6 is 11.8 Å². The molecule has 4 N–H and O–H groups in total. The first kappa shape index (κ1) is 22.2. The average Bonchev–Trinajstić information content (AvgIpc) is 2.83. The largest absolute Gasteiger partial charge is 0.493 e. The molecule has 168 valence electrons. The molecule has 0 saturated heterocycles. The van der Waals surface area contributed by atoms with Crippen molar-refractivity contribution in [2.45, 2.75) is 9.79 Å². The third kappa shape index (κ3) is 5.64. The van der Waals surface area contributed by atoms with Crippen LogP contribution in [0, 0.1) is 0 Å². The van der Waals surface area contributed by atoms with Crippen LogP contribution < -0.4 is 30.4 Å². The standard InChI is InChI=1S/C26H24N2O4S/c1-29-25-15-21(11-13-23(25)31-19-7-3-17(27)4-8-19)33-22-12-14-24(26(16-22)30-2)32-20-9-5-18(28)6-10-20/h3-16H,27-28H2,1-2H3. The van der Waals surface area contributed by atoms with Crippen molar-refractivity contribution in [2.75, 3.05) is 25.7 Å². The Bertz CT molecular complexity index is 1130. The molecule has 33 heavy (non-hydrogen) atoms. The predicted octanol–water partition coefficient (Wildman–Crippen LogP) is 6.60. The van der Waals surface area contributed by atoms with E-state index < -0.39 is 0 Å². The molecule has 6 nitrogen and oxygen atoms in total. The summed E-state index contributed by atoms with van der Waals surface area (Å²) < 4.78 is 23.0. The molecule has 0 fully saturated rings. The zero-order valence-corrected chi connectivity index (χ0v) is 19.1. The van der Waals surface area contributed by atoms with E-state index in [1.165, 1.54) is 0 Å². The van der Waals surface area contributed by atoms with Gasteiger partial charge in [0.05, 0.1) is 14.2 Å². The van der Waals surface area contributed by atoms with Gasteiger partial charge in [-0.3, -0.25) is 0 Å². The Morgan fingerprint density at radius 2 is 0.909 bits per heavy atom. The highest BCUT2D eigenvalue weighted by atomic mass is 32.2. The van der Waals surface area contributed by atoms with Gasteiger partial charge in [0, 0.05) is 21.2 Å². The summed E-state index contributed by atoms with van der Waals surface area (Å²) in [6.07, 6.45) is 0. The highest BCUT2D eigenvalue weighted by molar-refractivity contribution is 7.99. The second-order valence-electron chi connectivity index (χ2n) is 7.07. The van der Waals surface area contributed by atoms with Gasteiger partial charge < -0.3 is 30.4 Å². The molecule has 0 amide bonds. The second kappa shape index (κ2) is 10.1. The van der Waals surface area contributed by atoms with Crippen LogP contribution in [0.15, 0.2) is 94.7 Å². The SMILES string of the molecule is COc1cc(Sc2ccc(Oc3ccc(N)cc3)c(OC)c2)ccc1Oc1ccc(N)cc1. The number of benzene rings is 4. The predicted molar refractivity (Wildman–Crippen MR) is 132 cm³/mol. The molecular formula is C26H24N2O4S. The minimum Gasteiger partial charge on any atom is -0.493 e. The summed E-state index contributed by atoms with van der Waals surface area (Å²) in [5.41, 5.74) is 12.8. The van der Waals surface area contributed by atoms with Crippen LogP contribution in [0.3, 0.4) is 0 Å². The number of nitrogen functional groups attached to an aromatic ring is 2. The van der Waals surface area contributed by atoms with E-state index in [1.807, 2.05) is 60.7 Å². The molecule has 4 aromatic rings. The molecule has 0 bridgehead atoms. The van der Waals surface area contributed by atoms with Crippen LogP contribution in [0.25, 0.3) is 0 Å². The molecule has 0 spiro atoms. The lowest BCUT2D eigenvalue weighted by Crippen LogP contribution is -1.92. The Morgan fingerprint density at radius 1 is 0.515 bits per heavy atom. The first-order valence-corrected chi connectivity index (χ1v) is 11.0. The van der Waals surface area contributed by atoms with Crippen LogP contribution in [0.5, 0.6) is 34.5 Å². The van der Waals surface area contributed by atoms with Crippen molar-refractivity contribution in [2.24, 2.45) is 0 Å². The van der Waals surface area contributed by atoms with Crippen molar-refractivity contribution in [3.63, 3.8) is 0 Å². The van der Waals surface area contributed by atoms with Crippen molar-refractivity contribution in [1.82, 2.24) is 0 Å². The van der Waals surface area contributed by atoms with Crippen molar-refractivity contribution in [3.8, 4) is 34.5 Å². The number of rotatable bonds is 8. The fourth-order valence-electron chi connectivity index (χ4n) is 3.05. The molecule has 7 heteroatoms. The number of hydrogen-bond donors (Lipinski definition) is 2. The van der Waals surface area contributed by atoms with E-state index in [2.05, 4.69) is 0 Å². The number of anilines is 2. The second-order valence-corrected chi connectivity index (χ2v) is 8.22. The van der Waals surface area contributed by atoms with Crippen LogP contribution in [-0.2, 0) is 0 Å². The maximum Gasteiger partial charge on any atom is 0.169 e. The van der Waals surface area contributed by atoms with Gasteiger partial charge in [-0.2, -0.15) is 0 Å². The minimum absolute atomic E-state index is 0.622. The molecule has 0 radical (unpaired) electrons. The number of nitrogens with two attached hydrogens (primary N) is 2. The van der Waals surface area contributed by atoms with E-state index in [1.54, 1.807) is 50.2 Å². The topological polar surface area (TPSA) is 89.0 Å². The molecule has 0 aliphatic carbocycles. The van der Waals surface area contributed by atoms with Gasteiger partial charge in [-0.25, -0.2) is 0 Å². The summed E-state index contributed by atoms with van der Waals surface area (Å²) in [4.78, 5) is 1.98. The summed E-state index contributed by atoms with van der Waals surface area (Å²) in [5, 5.41) is 0. The third-order valence-electron chi connectivity index (χ3n) is 4.72. The fraction of sp³-hybridized carbons (Fsp3) is 0.0769. The van der Waals surface area contributed by atoms with Gasteiger partial charge >= 0.3 is 0 Å². The highest BCUT2D eigenvalue weighted by Crippen LogP contribution is 2.40. The molecule has 0 unspecified atom stereocenters. The van der Waals surface area contributed by atoms with E-state index in [0.29, 0.717) is 45.9 Å². The molecule has 0 aromatic heterocycles. The lowest BCUT2D eigenvalue weighted by molar-refractivity contribution is 0.377. The van der Waals surface area contributed by atoms with E-state index in [9.17, 15) is 0 Å². The highest BCUT2D eigenvalue weighted by Gasteiger charge is 2.11. The molecular weight excluding hydrogens is 436 g/mol. The van der Waals surface area contributed by atoms with Crippen molar-refractivity contribution in [1.29, 1.82) is 0 Å². The number of methoxy groups -OCH3 is 2. The molecule has 4 rings (SSSR count). The van der Waals surface area contributed by atoms with E-state index in [4.69, 9.17) is 30.4 Å². The Hall–Kier alpha value is -3.97. The smallest absolute Gasteiger partial charge is 0.169 e. The molecule has 0 aliphatic rings. The van der Waals surface area contributed by atoms with E-state index in [0.717, 1.165) is 9.79 Å². The van der Waals surface area contributed by atoms with E-state index in [-0.39, 0.29) is 0 Å². The summed E-state index contributed by atoms with van der Waals surface area (Å²) in [5.74, 6) is 3.88. The van der Waals surface area contributed by atoms with Crippen molar-refractivity contribution < 1.29 is 18.9 Å². The van der Waals surface area contributed by atoms with Gasteiger partial charge in [-0.15, -0.1) is 0 Å². The molecule has 0 saturated carbocycles. The van der Waals surface area contributed by atoms with Crippen LogP contribution in [0.2, 0.25) is 0 Å². The van der Waals surface area contributed by atoms with Gasteiger partial charge in [0.25, 0.3) is 0 Å². The Kier molecular flexibility index (Phi) is 6.80. The van der Waals surface area contributed by atoms with Crippen molar-refractivity contribution in [3.05, 3.63) is 84.9 Å². The fourth-order valence-corrected chi connectivity index (χ4v) is 3.93. The Balaban J connectivity index is 1.50. The molecule has 0 aliphatic heterocycles. The average molecular weight is 461 g/mol. The lowest BCUT2D eigenvalue weighted by atomic mass is 10.3. The zero-order valence-electron chi connectivity index (χ0n) is 18.3. The van der Waals surface area contributed by atoms with Gasteiger partial charge in [0.1, 0.15) is 11.5 Å². The van der Waals surface area contributed by atoms with E-state index >= 15 is 0 Å². The molecule has 4 aromatic carbocycles. The first-order valence-electron chi connectivity index (χ1n) is 10.1. The summed E-state index contributed by atoms with van der Waals surface area (Å²) in [6, 6.07) is 26.0. The monoisotopic (exact) mass is 460 g/mol. The molecule has 0 heterocycles. The van der Waals surface area contributed by atoms with Gasteiger partial charge in [-0.05, 0) is 84.9 Å². The minimum atomic E-state index is 0.622. The lowest BCUT2D eigenvalue weighted by Gasteiger charge is -2.13. The maximum atomic E-state index is 5.94. The normalized spacial score (nSPS) is 10.5. The van der Waals surface area contributed by atoms with Crippen molar-refractivity contribution >= 4 is 23.1 Å². The molecule has 0 atom stereocenters. The Morgan fingerprint density at radius 3 is 1.27 bits per heavy atom. The maximum absolute atomic E-state index is 5.94. The van der Waals surface area contributed by atoms with Gasteiger partial charge in [-0.1, -0.05) is 11.8 Å². The Labute approximate surface area is 197 Å².